The van der Waals surface area contributed by atoms with Gasteiger partial charge >= 0.3 is 6.36 Å². The highest BCUT2D eigenvalue weighted by Crippen LogP contribution is 2.27. The molecule has 0 spiro atoms. The second-order valence-corrected chi connectivity index (χ2v) is 6.30. The molecule has 0 saturated carbocycles. The Bertz CT molecular complexity index is 788. The molecule has 0 aliphatic carbocycles. The Morgan fingerprint density at radius 2 is 1.85 bits per heavy atom. The van der Waals surface area contributed by atoms with Gasteiger partial charge in [-0.05, 0) is 37.1 Å². The van der Waals surface area contributed by atoms with Crippen LogP contribution in [0.15, 0.2) is 36.7 Å². The maximum Gasteiger partial charge on any atom is 0.573 e. The van der Waals surface area contributed by atoms with E-state index in [-0.39, 0.29) is 17.7 Å². The second-order valence-electron chi connectivity index (χ2n) is 6.30. The lowest BCUT2D eigenvalue weighted by Crippen LogP contribution is -2.44. The molecular formula is C18H19F3N4O2. The van der Waals surface area contributed by atoms with Gasteiger partial charge in [0, 0.05) is 37.7 Å². The average Bonchev–Trinajstić information content (AvgIpc) is 2.61. The number of nitrogens with one attached hydrogen (secondary N) is 1. The van der Waals surface area contributed by atoms with Gasteiger partial charge < -0.3 is 15.0 Å². The summed E-state index contributed by atoms with van der Waals surface area (Å²) in [5.41, 5.74) is 1.28. The molecule has 2 aromatic rings. The molecule has 1 N–H and O–H groups in total. The number of aromatic nitrogens is 2. The van der Waals surface area contributed by atoms with E-state index in [4.69, 9.17) is 0 Å². The Morgan fingerprint density at radius 1 is 1.19 bits per heavy atom. The van der Waals surface area contributed by atoms with Crippen molar-refractivity contribution in [3.8, 4) is 17.0 Å². The lowest BCUT2D eigenvalue weighted by molar-refractivity contribution is -0.274. The smallest absolute Gasteiger partial charge is 0.406 e. The number of hydrogen-bond acceptors (Lipinski definition) is 5. The Morgan fingerprint density at radius 3 is 2.44 bits per heavy atom. The lowest BCUT2D eigenvalue weighted by atomic mass is 10.0. The average molecular weight is 380 g/mol. The maximum atomic E-state index is 12.2. The number of benzene rings is 1. The summed E-state index contributed by atoms with van der Waals surface area (Å²) in [4.78, 5) is 21.8. The highest BCUT2D eigenvalue weighted by Gasteiger charge is 2.31. The molecule has 2 heterocycles. The summed E-state index contributed by atoms with van der Waals surface area (Å²) in [5, 5.41) is 2.92. The third-order valence-corrected chi connectivity index (χ3v) is 4.26. The number of alkyl halides is 3. The van der Waals surface area contributed by atoms with E-state index in [0.29, 0.717) is 11.3 Å². The van der Waals surface area contributed by atoms with Crippen LogP contribution in [-0.4, -0.2) is 41.4 Å². The zero-order valence-electron chi connectivity index (χ0n) is 14.7. The second kappa shape index (κ2) is 7.81. The van der Waals surface area contributed by atoms with Crippen LogP contribution >= 0.6 is 0 Å². The quantitative estimate of drug-likeness (QED) is 0.883. The monoisotopic (exact) mass is 380 g/mol. The van der Waals surface area contributed by atoms with Crippen molar-refractivity contribution in [2.75, 3.05) is 18.0 Å². The van der Waals surface area contributed by atoms with Gasteiger partial charge in [-0.3, -0.25) is 4.79 Å². The lowest BCUT2D eigenvalue weighted by Gasteiger charge is -2.33. The zero-order valence-corrected chi connectivity index (χ0v) is 14.7. The molecule has 1 saturated heterocycles. The van der Waals surface area contributed by atoms with Crippen LogP contribution in [0.4, 0.5) is 19.0 Å². The van der Waals surface area contributed by atoms with Gasteiger partial charge in [-0.2, -0.15) is 0 Å². The molecule has 3 rings (SSSR count). The molecule has 6 nitrogen and oxygen atoms in total. The van der Waals surface area contributed by atoms with Crippen molar-refractivity contribution in [1.29, 1.82) is 0 Å². The van der Waals surface area contributed by atoms with E-state index in [1.807, 2.05) is 0 Å². The number of carbonyl (C=O) groups is 1. The predicted molar refractivity (Wildman–Crippen MR) is 93.2 cm³/mol. The van der Waals surface area contributed by atoms with E-state index in [9.17, 15) is 18.0 Å². The van der Waals surface area contributed by atoms with Crippen LogP contribution in [0.3, 0.4) is 0 Å². The summed E-state index contributed by atoms with van der Waals surface area (Å²) < 4.78 is 40.6. The van der Waals surface area contributed by atoms with Crippen LogP contribution in [0.1, 0.15) is 19.8 Å². The van der Waals surface area contributed by atoms with E-state index in [0.717, 1.165) is 31.7 Å². The minimum Gasteiger partial charge on any atom is -0.406 e. The number of carbonyl (C=O) groups excluding carboxylic acids is 1. The molecule has 1 aromatic heterocycles. The SMILES string of the molecule is CC(=O)NC1CCN(c2cc(-c3ccc(OC(F)(F)F)cc3)ncn2)CC1. The van der Waals surface area contributed by atoms with Gasteiger partial charge in [-0.25, -0.2) is 9.97 Å². The van der Waals surface area contributed by atoms with Crippen molar-refractivity contribution in [2.45, 2.75) is 32.2 Å². The highest BCUT2D eigenvalue weighted by molar-refractivity contribution is 5.73. The fourth-order valence-electron chi connectivity index (χ4n) is 3.05. The Hall–Kier alpha value is -2.84. The van der Waals surface area contributed by atoms with E-state index in [1.165, 1.54) is 37.5 Å². The van der Waals surface area contributed by atoms with Crippen LogP contribution in [0, 0.1) is 0 Å². The molecule has 144 valence electrons. The summed E-state index contributed by atoms with van der Waals surface area (Å²) in [6.07, 6.45) is -1.64. The fourth-order valence-corrected chi connectivity index (χ4v) is 3.05. The first-order valence-electron chi connectivity index (χ1n) is 8.50. The van der Waals surface area contributed by atoms with Crippen molar-refractivity contribution in [3.63, 3.8) is 0 Å². The Kier molecular flexibility index (Phi) is 5.48. The van der Waals surface area contributed by atoms with Gasteiger partial charge in [0.05, 0.1) is 5.69 Å². The Balaban J connectivity index is 1.68. The summed E-state index contributed by atoms with van der Waals surface area (Å²) in [6, 6.07) is 7.53. The van der Waals surface area contributed by atoms with Crippen molar-refractivity contribution in [1.82, 2.24) is 15.3 Å². The van der Waals surface area contributed by atoms with Crippen molar-refractivity contribution < 1.29 is 22.7 Å². The number of anilines is 1. The first-order valence-corrected chi connectivity index (χ1v) is 8.50. The third-order valence-electron chi connectivity index (χ3n) is 4.26. The molecule has 0 atom stereocenters. The van der Waals surface area contributed by atoms with Crippen molar-refractivity contribution in [2.24, 2.45) is 0 Å². The molecule has 9 heteroatoms. The summed E-state index contributed by atoms with van der Waals surface area (Å²) in [5.74, 6) is 0.438. The minimum absolute atomic E-state index is 0.0317. The number of amides is 1. The summed E-state index contributed by atoms with van der Waals surface area (Å²) in [7, 11) is 0. The molecule has 0 unspecified atom stereocenters. The van der Waals surface area contributed by atoms with Crippen molar-refractivity contribution >= 4 is 11.7 Å². The van der Waals surface area contributed by atoms with E-state index in [2.05, 4.69) is 24.9 Å². The van der Waals surface area contributed by atoms with Gasteiger partial charge in [0.1, 0.15) is 17.9 Å². The Labute approximate surface area is 154 Å². The standard InChI is InChI=1S/C18H19F3N4O2/c1-12(26)24-14-6-8-25(9-7-14)17-10-16(22-11-23-17)13-2-4-15(5-3-13)27-18(19,20)21/h2-5,10-11,14H,6-9H2,1H3,(H,24,26). The fraction of sp³-hybridized carbons (Fsp3) is 0.389. The minimum atomic E-state index is -4.72. The largest absolute Gasteiger partial charge is 0.573 e. The molecule has 0 bridgehead atoms. The topological polar surface area (TPSA) is 67.4 Å². The number of hydrogen-bond donors (Lipinski definition) is 1. The van der Waals surface area contributed by atoms with Crippen LogP contribution in [0.25, 0.3) is 11.3 Å². The molecule has 27 heavy (non-hydrogen) atoms. The zero-order chi connectivity index (χ0) is 19.4. The molecule has 1 aliphatic heterocycles. The number of rotatable bonds is 4. The molecule has 1 fully saturated rings. The third kappa shape index (κ3) is 5.32. The predicted octanol–water partition coefficient (Wildman–Crippen LogP) is 3.15. The number of piperidine rings is 1. The van der Waals surface area contributed by atoms with Gasteiger partial charge in [-0.1, -0.05) is 0 Å². The van der Waals surface area contributed by atoms with Crippen LogP contribution < -0.4 is 15.0 Å². The van der Waals surface area contributed by atoms with E-state index in [1.54, 1.807) is 6.07 Å². The molecule has 1 aliphatic rings. The first kappa shape index (κ1) is 18.9. The summed E-state index contributed by atoms with van der Waals surface area (Å²) >= 11 is 0. The van der Waals surface area contributed by atoms with E-state index < -0.39 is 6.36 Å². The normalized spacial score (nSPS) is 15.5. The maximum absolute atomic E-state index is 12.2. The van der Waals surface area contributed by atoms with Gasteiger partial charge in [0.25, 0.3) is 0 Å². The highest BCUT2D eigenvalue weighted by atomic mass is 19.4. The van der Waals surface area contributed by atoms with Crippen molar-refractivity contribution in [3.05, 3.63) is 36.7 Å². The van der Waals surface area contributed by atoms with E-state index >= 15 is 0 Å². The number of nitrogens with zero attached hydrogens (tertiary/aromatic N) is 3. The molecule has 0 radical (unpaired) electrons. The van der Waals surface area contributed by atoms with Crippen LogP contribution in [0.5, 0.6) is 5.75 Å². The molecular weight excluding hydrogens is 361 g/mol. The van der Waals surface area contributed by atoms with Gasteiger partial charge in [0.15, 0.2) is 0 Å². The molecule has 1 aromatic carbocycles. The summed E-state index contributed by atoms with van der Waals surface area (Å²) in [6.45, 7) is 3.01. The first-order chi connectivity index (χ1) is 12.8. The molecule has 1 amide bonds. The number of halogens is 3. The number of ether oxygens (including phenoxy) is 1. The van der Waals surface area contributed by atoms with Crippen LogP contribution in [0.2, 0.25) is 0 Å². The van der Waals surface area contributed by atoms with Crippen LogP contribution in [-0.2, 0) is 4.79 Å². The van der Waals surface area contributed by atoms with Gasteiger partial charge in [-0.15, -0.1) is 13.2 Å². The van der Waals surface area contributed by atoms with Gasteiger partial charge in [0.2, 0.25) is 5.91 Å².